The Kier molecular flexibility index (Phi) is 7.79. The highest BCUT2D eigenvalue weighted by Crippen LogP contribution is 2.29. The van der Waals surface area contributed by atoms with E-state index >= 15 is 0 Å². The molecule has 1 aliphatic heterocycles. The van der Waals surface area contributed by atoms with Crippen molar-refractivity contribution in [2.24, 2.45) is 5.92 Å². The summed E-state index contributed by atoms with van der Waals surface area (Å²) in [4.78, 5) is 17.6. The van der Waals surface area contributed by atoms with Gasteiger partial charge < -0.3 is 9.64 Å². The van der Waals surface area contributed by atoms with Crippen LogP contribution < -0.4 is 4.74 Å². The van der Waals surface area contributed by atoms with Gasteiger partial charge in [-0.3, -0.25) is 9.69 Å². The van der Waals surface area contributed by atoms with Crippen LogP contribution in [0, 0.1) is 5.92 Å². The molecule has 4 heteroatoms. The second-order valence-electron chi connectivity index (χ2n) is 9.11. The molecule has 0 bridgehead atoms. The van der Waals surface area contributed by atoms with Gasteiger partial charge in [0.05, 0.1) is 12.6 Å². The number of benzene rings is 3. The summed E-state index contributed by atoms with van der Waals surface area (Å²) in [5.41, 5.74) is 3.30. The van der Waals surface area contributed by atoms with Crippen LogP contribution in [0.1, 0.15) is 47.8 Å². The number of piperazine rings is 1. The molecule has 1 fully saturated rings. The summed E-state index contributed by atoms with van der Waals surface area (Å²) in [6, 6.07) is 29.1. The first-order chi connectivity index (χ1) is 16.1. The second-order valence-corrected chi connectivity index (χ2v) is 9.11. The Balaban J connectivity index is 1.39. The summed E-state index contributed by atoms with van der Waals surface area (Å²) in [7, 11) is 0. The van der Waals surface area contributed by atoms with Crippen LogP contribution in [0.4, 0.5) is 0 Å². The molecule has 0 atom stereocenters. The van der Waals surface area contributed by atoms with Crippen LogP contribution in [0.25, 0.3) is 0 Å². The molecule has 1 amide bonds. The van der Waals surface area contributed by atoms with E-state index in [0.717, 1.165) is 43.9 Å². The minimum Gasteiger partial charge on any atom is -0.494 e. The number of nitrogens with zero attached hydrogens (tertiary/aromatic N) is 2. The second kappa shape index (κ2) is 11.2. The smallest absolute Gasteiger partial charge is 0.253 e. The van der Waals surface area contributed by atoms with Crippen molar-refractivity contribution < 1.29 is 9.53 Å². The zero-order valence-corrected chi connectivity index (χ0v) is 19.7. The molecule has 0 radical (unpaired) electrons. The SMILES string of the molecule is CC(C)CCOc1ccc(C(=O)N2CCN(C(c3ccccc3)c3ccccc3)CC2)cc1. The van der Waals surface area contributed by atoms with Crippen LogP contribution >= 0.6 is 0 Å². The maximum Gasteiger partial charge on any atom is 0.253 e. The van der Waals surface area contributed by atoms with Crippen molar-refractivity contribution in [2.45, 2.75) is 26.3 Å². The molecule has 4 rings (SSSR count). The molecule has 3 aromatic carbocycles. The number of rotatable bonds is 8. The van der Waals surface area contributed by atoms with Crippen molar-refractivity contribution >= 4 is 5.91 Å². The molecule has 1 saturated heterocycles. The Morgan fingerprint density at radius 1 is 0.788 bits per heavy atom. The molecule has 0 aliphatic carbocycles. The third kappa shape index (κ3) is 6.02. The predicted molar refractivity (Wildman–Crippen MR) is 134 cm³/mol. The maximum absolute atomic E-state index is 13.1. The van der Waals surface area contributed by atoms with E-state index in [9.17, 15) is 4.79 Å². The molecule has 0 unspecified atom stereocenters. The number of hydrogen-bond acceptors (Lipinski definition) is 3. The lowest BCUT2D eigenvalue weighted by Gasteiger charge is -2.39. The summed E-state index contributed by atoms with van der Waals surface area (Å²) in [6.45, 7) is 8.22. The number of ether oxygens (including phenoxy) is 1. The minimum absolute atomic E-state index is 0.0966. The molecule has 1 aliphatic rings. The highest BCUT2D eigenvalue weighted by molar-refractivity contribution is 5.94. The maximum atomic E-state index is 13.1. The van der Waals surface area contributed by atoms with Crippen molar-refractivity contribution in [3.05, 3.63) is 102 Å². The van der Waals surface area contributed by atoms with Crippen LogP contribution in [0.15, 0.2) is 84.9 Å². The molecule has 0 N–H and O–H groups in total. The van der Waals surface area contributed by atoms with Gasteiger partial charge in [-0.05, 0) is 47.7 Å². The quantitative estimate of drug-likeness (QED) is 0.451. The number of carbonyl (C=O) groups excluding carboxylic acids is 1. The fraction of sp³-hybridized carbons (Fsp3) is 0.345. The van der Waals surface area contributed by atoms with Gasteiger partial charge in [0.2, 0.25) is 0 Å². The van der Waals surface area contributed by atoms with Gasteiger partial charge in [0, 0.05) is 31.7 Å². The topological polar surface area (TPSA) is 32.8 Å². The molecule has 1 heterocycles. The zero-order valence-electron chi connectivity index (χ0n) is 19.7. The monoisotopic (exact) mass is 442 g/mol. The summed E-state index contributed by atoms with van der Waals surface area (Å²) >= 11 is 0. The van der Waals surface area contributed by atoms with E-state index in [-0.39, 0.29) is 11.9 Å². The normalized spacial score (nSPS) is 14.6. The van der Waals surface area contributed by atoms with Gasteiger partial charge >= 0.3 is 0 Å². The molecule has 4 nitrogen and oxygen atoms in total. The van der Waals surface area contributed by atoms with E-state index < -0.39 is 0 Å². The molecule has 33 heavy (non-hydrogen) atoms. The van der Waals surface area contributed by atoms with Crippen LogP contribution in [0.5, 0.6) is 5.75 Å². The predicted octanol–water partition coefficient (Wildman–Crippen LogP) is 5.66. The Morgan fingerprint density at radius 2 is 1.33 bits per heavy atom. The van der Waals surface area contributed by atoms with Crippen LogP contribution in [0.2, 0.25) is 0 Å². The zero-order chi connectivity index (χ0) is 23.0. The van der Waals surface area contributed by atoms with Gasteiger partial charge in [0.1, 0.15) is 5.75 Å². The molecular formula is C29H34N2O2. The minimum atomic E-state index is 0.0966. The van der Waals surface area contributed by atoms with E-state index in [1.54, 1.807) is 0 Å². The summed E-state index contributed by atoms with van der Waals surface area (Å²) < 4.78 is 5.79. The van der Waals surface area contributed by atoms with Gasteiger partial charge in [0.15, 0.2) is 0 Å². The summed E-state index contributed by atoms with van der Waals surface area (Å²) in [5.74, 6) is 1.54. The van der Waals surface area contributed by atoms with Crippen molar-refractivity contribution in [3.8, 4) is 5.75 Å². The summed E-state index contributed by atoms with van der Waals surface area (Å²) in [6.07, 6.45) is 1.03. The number of amides is 1. The molecule has 0 aromatic heterocycles. The molecular weight excluding hydrogens is 408 g/mol. The molecule has 0 saturated carbocycles. The third-order valence-corrected chi connectivity index (χ3v) is 6.26. The highest BCUT2D eigenvalue weighted by Gasteiger charge is 2.28. The Morgan fingerprint density at radius 3 is 1.85 bits per heavy atom. The van der Waals surface area contributed by atoms with Gasteiger partial charge in [-0.2, -0.15) is 0 Å². The van der Waals surface area contributed by atoms with Crippen molar-refractivity contribution in [3.63, 3.8) is 0 Å². The van der Waals surface area contributed by atoms with Gasteiger partial charge in [0.25, 0.3) is 5.91 Å². The Hall–Kier alpha value is -3.11. The third-order valence-electron chi connectivity index (χ3n) is 6.26. The standard InChI is InChI=1S/C29H34N2O2/c1-23(2)17-22-33-27-15-13-26(14-16-27)29(32)31-20-18-30(19-21-31)28(24-9-5-3-6-10-24)25-11-7-4-8-12-25/h3-16,23,28H,17-22H2,1-2H3. The lowest BCUT2D eigenvalue weighted by Crippen LogP contribution is -2.49. The number of carbonyl (C=O) groups is 1. The average Bonchev–Trinajstić information content (AvgIpc) is 2.86. The van der Waals surface area contributed by atoms with E-state index in [1.807, 2.05) is 29.2 Å². The van der Waals surface area contributed by atoms with Crippen molar-refractivity contribution in [1.29, 1.82) is 0 Å². The average molecular weight is 443 g/mol. The first-order valence-electron chi connectivity index (χ1n) is 12.0. The van der Waals surface area contributed by atoms with Crippen LogP contribution in [-0.2, 0) is 0 Å². The summed E-state index contributed by atoms with van der Waals surface area (Å²) in [5, 5.41) is 0. The van der Waals surface area contributed by atoms with Gasteiger partial charge in [-0.1, -0.05) is 74.5 Å². The first-order valence-corrected chi connectivity index (χ1v) is 12.0. The van der Waals surface area contributed by atoms with Crippen molar-refractivity contribution in [1.82, 2.24) is 9.80 Å². The van der Waals surface area contributed by atoms with Gasteiger partial charge in [-0.25, -0.2) is 0 Å². The molecule has 172 valence electrons. The van der Waals surface area contributed by atoms with E-state index in [2.05, 4.69) is 79.4 Å². The fourth-order valence-corrected chi connectivity index (χ4v) is 4.36. The molecule has 0 spiro atoms. The van der Waals surface area contributed by atoms with E-state index in [1.165, 1.54) is 11.1 Å². The number of hydrogen-bond donors (Lipinski definition) is 0. The lowest BCUT2D eigenvalue weighted by molar-refractivity contribution is 0.0597. The first kappa shape index (κ1) is 23.1. The van der Waals surface area contributed by atoms with Gasteiger partial charge in [-0.15, -0.1) is 0 Å². The fourth-order valence-electron chi connectivity index (χ4n) is 4.36. The van der Waals surface area contributed by atoms with Crippen LogP contribution in [-0.4, -0.2) is 48.5 Å². The Labute approximate surface area is 197 Å². The largest absolute Gasteiger partial charge is 0.494 e. The van der Waals surface area contributed by atoms with Crippen molar-refractivity contribution in [2.75, 3.05) is 32.8 Å². The lowest BCUT2D eigenvalue weighted by atomic mass is 9.96. The Bertz CT molecular complexity index is 955. The van der Waals surface area contributed by atoms with E-state index in [0.29, 0.717) is 12.5 Å². The highest BCUT2D eigenvalue weighted by atomic mass is 16.5. The molecule has 3 aromatic rings. The van der Waals surface area contributed by atoms with Crippen LogP contribution in [0.3, 0.4) is 0 Å². The van der Waals surface area contributed by atoms with E-state index in [4.69, 9.17) is 4.74 Å².